The zero-order valence-electron chi connectivity index (χ0n) is 9.52. The Kier molecular flexibility index (Phi) is 4.89. The lowest BCUT2D eigenvalue weighted by Gasteiger charge is -2.41. The molecule has 0 spiro atoms. The molecular formula is C10H23NO2. The van der Waals surface area contributed by atoms with Gasteiger partial charge in [-0.3, -0.25) is 5.73 Å². The van der Waals surface area contributed by atoms with Gasteiger partial charge in [0, 0.05) is 19.6 Å². The summed E-state index contributed by atoms with van der Waals surface area (Å²) >= 11 is 0. The van der Waals surface area contributed by atoms with Crippen LogP contribution in [0.5, 0.6) is 0 Å². The Labute approximate surface area is 81.6 Å². The fourth-order valence-corrected chi connectivity index (χ4v) is 1.43. The van der Waals surface area contributed by atoms with Crippen molar-refractivity contribution in [2.24, 2.45) is 11.1 Å². The van der Waals surface area contributed by atoms with E-state index >= 15 is 0 Å². The molecule has 0 heterocycles. The predicted molar refractivity (Wildman–Crippen MR) is 54.2 cm³/mol. The normalized spacial score (nSPS) is 13.4. The van der Waals surface area contributed by atoms with Crippen LogP contribution in [-0.4, -0.2) is 20.1 Å². The summed E-state index contributed by atoms with van der Waals surface area (Å²) in [5.74, 6) is -0.970. The number of hydrogen-bond donors (Lipinski definition) is 1. The molecule has 0 aliphatic rings. The maximum Gasteiger partial charge on any atom is 0.229 e. The van der Waals surface area contributed by atoms with E-state index in [1.54, 1.807) is 14.2 Å². The summed E-state index contributed by atoms with van der Waals surface area (Å²) in [4.78, 5) is 0. The maximum atomic E-state index is 5.97. The smallest absolute Gasteiger partial charge is 0.229 e. The van der Waals surface area contributed by atoms with Gasteiger partial charge in [-0.15, -0.1) is 0 Å². The average Bonchev–Trinajstić information content (AvgIpc) is 2.13. The van der Waals surface area contributed by atoms with Gasteiger partial charge in [0.1, 0.15) is 0 Å². The topological polar surface area (TPSA) is 44.5 Å². The lowest BCUT2D eigenvalue weighted by Crippen LogP contribution is -2.55. The molecule has 0 aliphatic heterocycles. The van der Waals surface area contributed by atoms with Crippen molar-refractivity contribution in [3.8, 4) is 0 Å². The van der Waals surface area contributed by atoms with Crippen LogP contribution in [0.25, 0.3) is 0 Å². The van der Waals surface area contributed by atoms with Crippen molar-refractivity contribution in [2.45, 2.75) is 45.9 Å². The van der Waals surface area contributed by atoms with Crippen LogP contribution >= 0.6 is 0 Å². The largest absolute Gasteiger partial charge is 0.341 e. The summed E-state index contributed by atoms with van der Waals surface area (Å²) in [6.45, 7) is 6.29. The van der Waals surface area contributed by atoms with Gasteiger partial charge >= 0.3 is 0 Å². The Bertz CT molecular complexity index is 142. The van der Waals surface area contributed by atoms with Crippen molar-refractivity contribution in [1.82, 2.24) is 0 Å². The molecule has 13 heavy (non-hydrogen) atoms. The van der Waals surface area contributed by atoms with Gasteiger partial charge in [-0.2, -0.15) is 0 Å². The zero-order valence-corrected chi connectivity index (χ0v) is 9.52. The number of methoxy groups -OCH3 is 2. The van der Waals surface area contributed by atoms with Crippen LogP contribution in [0.4, 0.5) is 0 Å². The summed E-state index contributed by atoms with van der Waals surface area (Å²) in [5, 5.41) is 0. The molecule has 0 aromatic carbocycles. The molecule has 0 saturated heterocycles. The number of nitrogens with two attached hydrogens (primary N) is 1. The Morgan fingerprint density at radius 3 is 1.92 bits per heavy atom. The first-order valence-electron chi connectivity index (χ1n) is 4.82. The van der Waals surface area contributed by atoms with Gasteiger partial charge in [0.25, 0.3) is 0 Å². The predicted octanol–water partition coefficient (Wildman–Crippen LogP) is 2.11. The first kappa shape index (κ1) is 12.9. The van der Waals surface area contributed by atoms with Crippen molar-refractivity contribution < 1.29 is 9.47 Å². The molecule has 0 bridgehead atoms. The Hall–Kier alpha value is -0.120. The van der Waals surface area contributed by atoms with E-state index in [9.17, 15) is 0 Å². The number of rotatable bonds is 6. The Balaban J connectivity index is 4.37. The van der Waals surface area contributed by atoms with Gasteiger partial charge in [0.05, 0.1) is 0 Å². The summed E-state index contributed by atoms with van der Waals surface area (Å²) in [6.07, 6.45) is 3.30. The third-order valence-electron chi connectivity index (χ3n) is 2.71. The van der Waals surface area contributed by atoms with Crippen molar-refractivity contribution in [3.63, 3.8) is 0 Å². The average molecular weight is 189 g/mol. The molecule has 0 unspecified atom stereocenters. The van der Waals surface area contributed by atoms with E-state index in [0.29, 0.717) is 0 Å². The van der Waals surface area contributed by atoms with Crippen molar-refractivity contribution in [2.75, 3.05) is 14.2 Å². The monoisotopic (exact) mass is 189 g/mol. The van der Waals surface area contributed by atoms with Crippen LogP contribution < -0.4 is 5.73 Å². The number of hydrogen-bond acceptors (Lipinski definition) is 3. The van der Waals surface area contributed by atoms with Gasteiger partial charge < -0.3 is 9.47 Å². The summed E-state index contributed by atoms with van der Waals surface area (Å²) in [7, 11) is 3.16. The molecular weight excluding hydrogens is 166 g/mol. The highest BCUT2D eigenvalue weighted by atomic mass is 16.7. The van der Waals surface area contributed by atoms with Crippen molar-refractivity contribution in [1.29, 1.82) is 0 Å². The summed E-state index contributed by atoms with van der Waals surface area (Å²) < 4.78 is 10.4. The SMILES string of the molecule is CCCCC(C)(C)C(N)(OC)OC. The molecule has 3 nitrogen and oxygen atoms in total. The highest BCUT2D eigenvalue weighted by molar-refractivity contribution is 4.82. The molecule has 3 heteroatoms. The van der Waals surface area contributed by atoms with Crippen LogP contribution in [0.3, 0.4) is 0 Å². The van der Waals surface area contributed by atoms with Crippen LogP contribution in [-0.2, 0) is 9.47 Å². The number of unbranched alkanes of at least 4 members (excludes halogenated alkanes) is 1. The third-order valence-corrected chi connectivity index (χ3v) is 2.71. The lowest BCUT2D eigenvalue weighted by atomic mass is 9.83. The van der Waals surface area contributed by atoms with E-state index in [2.05, 4.69) is 20.8 Å². The van der Waals surface area contributed by atoms with Gasteiger partial charge in [-0.1, -0.05) is 33.6 Å². The molecule has 0 aromatic rings. The van der Waals surface area contributed by atoms with Gasteiger partial charge in [-0.25, -0.2) is 0 Å². The Morgan fingerprint density at radius 2 is 1.62 bits per heavy atom. The van der Waals surface area contributed by atoms with Crippen LogP contribution in [0.2, 0.25) is 0 Å². The fourth-order valence-electron chi connectivity index (χ4n) is 1.43. The molecule has 80 valence electrons. The first-order valence-corrected chi connectivity index (χ1v) is 4.82. The van der Waals surface area contributed by atoms with Gasteiger partial charge in [0.15, 0.2) is 0 Å². The molecule has 0 atom stereocenters. The second-order valence-corrected chi connectivity index (χ2v) is 4.06. The quantitative estimate of drug-likeness (QED) is 0.651. The second-order valence-electron chi connectivity index (χ2n) is 4.06. The van der Waals surface area contributed by atoms with Crippen LogP contribution in [0, 0.1) is 5.41 Å². The molecule has 0 aliphatic carbocycles. The molecule has 0 radical (unpaired) electrons. The van der Waals surface area contributed by atoms with Crippen molar-refractivity contribution >= 4 is 0 Å². The van der Waals surface area contributed by atoms with E-state index < -0.39 is 5.91 Å². The van der Waals surface area contributed by atoms with E-state index in [4.69, 9.17) is 15.2 Å². The molecule has 0 saturated carbocycles. The standard InChI is InChI=1S/C10H23NO2/c1-6-7-8-9(2,3)10(11,12-4)13-5/h6-8,11H2,1-5H3. The third kappa shape index (κ3) is 2.93. The fraction of sp³-hybridized carbons (Fsp3) is 1.00. The molecule has 0 amide bonds. The molecule has 0 aromatic heterocycles. The highest BCUT2D eigenvalue weighted by Gasteiger charge is 2.42. The van der Waals surface area contributed by atoms with Crippen LogP contribution in [0.1, 0.15) is 40.0 Å². The van der Waals surface area contributed by atoms with E-state index in [0.717, 1.165) is 19.3 Å². The minimum Gasteiger partial charge on any atom is -0.341 e. The van der Waals surface area contributed by atoms with Crippen LogP contribution in [0.15, 0.2) is 0 Å². The maximum absolute atomic E-state index is 5.97. The van der Waals surface area contributed by atoms with Gasteiger partial charge in [-0.05, 0) is 6.42 Å². The van der Waals surface area contributed by atoms with Gasteiger partial charge in [0.2, 0.25) is 5.91 Å². The zero-order chi connectivity index (χ0) is 10.5. The molecule has 0 rings (SSSR count). The highest BCUT2D eigenvalue weighted by Crippen LogP contribution is 2.35. The molecule has 0 fully saturated rings. The summed E-state index contributed by atoms with van der Waals surface area (Å²) in [5.41, 5.74) is 5.81. The van der Waals surface area contributed by atoms with E-state index in [-0.39, 0.29) is 5.41 Å². The minimum absolute atomic E-state index is 0.160. The van der Waals surface area contributed by atoms with Crippen molar-refractivity contribution in [3.05, 3.63) is 0 Å². The van der Waals surface area contributed by atoms with E-state index in [1.165, 1.54) is 0 Å². The molecule has 2 N–H and O–H groups in total. The van der Waals surface area contributed by atoms with E-state index in [1.807, 2.05) is 0 Å². The number of ether oxygens (including phenoxy) is 2. The second kappa shape index (κ2) is 4.94. The Morgan fingerprint density at radius 1 is 1.15 bits per heavy atom. The lowest BCUT2D eigenvalue weighted by molar-refractivity contribution is -0.266. The first-order chi connectivity index (χ1) is 5.93. The summed E-state index contributed by atoms with van der Waals surface area (Å²) in [6, 6.07) is 0. The minimum atomic E-state index is -0.970.